The second-order valence-corrected chi connectivity index (χ2v) is 9.54. The molecule has 0 heterocycles. The second kappa shape index (κ2) is 10.4. The molecule has 4 nitrogen and oxygen atoms in total. The summed E-state index contributed by atoms with van der Waals surface area (Å²) in [6.45, 7) is 15.7. The maximum Gasteiger partial charge on any atom is 0.334 e. The van der Waals surface area contributed by atoms with Gasteiger partial charge in [-0.2, -0.15) is 0 Å². The van der Waals surface area contributed by atoms with Crippen molar-refractivity contribution < 1.29 is 19.4 Å². The number of hydrogen-bond acceptors (Lipinski definition) is 4. The third kappa shape index (κ3) is 5.94. The van der Waals surface area contributed by atoms with E-state index in [1.807, 2.05) is 44.2 Å². The van der Waals surface area contributed by atoms with Crippen molar-refractivity contribution in [1.82, 2.24) is 0 Å². The van der Waals surface area contributed by atoms with E-state index in [2.05, 4.69) is 20.4 Å². The highest BCUT2D eigenvalue weighted by atomic mass is 16.5. The predicted octanol–water partition coefficient (Wildman–Crippen LogP) is 5.65. The normalized spacial score (nSPS) is 30.6. The van der Waals surface area contributed by atoms with Gasteiger partial charge in [0.05, 0.1) is 6.10 Å². The standard InChI is InChI=1S/C27H38O4/c1-17(2)23-16-27(7)21(6)25(14-13-22(27)15-24(23)29)31-26(30)20(5)18(3)11-9-8-10-12-19(4)28/h8-11,15,19,21,23,25,28H,1,12-14,16H2,2-7H3/b10-8+,11-9+,20-18+. The van der Waals surface area contributed by atoms with Gasteiger partial charge in [0.2, 0.25) is 0 Å². The van der Waals surface area contributed by atoms with Crippen LogP contribution in [0.5, 0.6) is 0 Å². The number of carbonyl (C=O) groups excluding carboxylic acids is 2. The van der Waals surface area contributed by atoms with Crippen molar-refractivity contribution >= 4 is 11.8 Å². The maximum atomic E-state index is 12.8. The first-order chi connectivity index (χ1) is 14.5. The van der Waals surface area contributed by atoms with Crippen LogP contribution in [-0.4, -0.2) is 29.1 Å². The lowest BCUT2D eigenvalue weighted by Crippen LogP contribution is -2.46. The zero-order chi connectivity index (χ0) is 23.3. The number of fused-ring (bicyclic) bond motifs is 1. The van der Waals surface area contributed by atoms with Crippen molar-refractivity contribution in [3.8, 4) is 0 Å². The molecule has 2 aliphatic rings. The molecule has 5 atom stereocenters. The number of hydrogen-bond donors (Lipinski definition) is 1. The molecule has 0 spiro atoms. The molecular weight excluding hydrogens is 388 g/mol. The van der Waals surface area contributed by atoms with Gasteiger partial charge in [0, 0.05) is 17.4 Å². The van der Waals surface area contributed by atoms with Gasteiger partial charge in [0.1, 0.15) is 6.10 Å². The van der Waals surface area contributed by atoms with Crippen molar-refractivity contribution in [3.63, 3.8) is 0 Å². The van der Waals surface area contributed by atoms with E-state index in [1.54, 1.807) is 13.8 Å². The summed E-state index contributed by atoms with van der Waals surface area (Å²) < 4.78 is 5.97. The second-order valence-electron chi connectivity index (χ2n) is 9.54. The lowest BCUT2D eigenvalue weighted by molar-refractivity contribution is -0.151. The third-order valence-electron chi connectivity index (χ3n) is 7.10. The van der Waals surface area contributed by atoms with Crippen LogP contribution in [0.1, 0.15) is 67.2 Å². The topological polar surface area (TPSA) is 63.6 Å². The average Bonchev–Trinajstić information content (AvgIpc) is 2.70. The predicted molar refractivity (Wildman–Crippen MR) is 125 cm³/mol. The molecule has 1 fully saturated rings. The van der Waals surface area contributed by atoms with Gasteiger partial charge < -0.3 is 9.84 Å². The smallest absolute Gasteiger partial charge is 0.334 e. The van der Waals surface area contributed by atoms with Crippen LogP contribution in [-0.2, 0) is 14.3 Å². The molecular formula is C27H38O4. The molecule has 0 aromatic carbocycles. The van der Waals surface area contributed by atoms with Crippen molar-refractivity contribution in [1.29, 1.82) is 0 Å². The van der Waals surface area contributed by atoms with Gasteiger partial charge in [0.25, 0.3) is 0 Å². The number of ether oxygens (including phenoxy) is 1. The Balaban J connectivity index is 2.09. The molecule has 0 saturated heterocycles. The quantitative estimate of drug-likeness (QED) is 0.247. The van der Waals surface area contributed by atoms with Crippen LogP contribution >= 0.6 is 0 Å². The molecule has 0 amide bonds. The van der Waals surface area contributed by atoms with Gasteiger partial charge in [-0.1, -0.05) is 55.9 Å². The number of ketones is 1. The van der Waals surface area contributed by atoms with E-state index < -0.39 is 0 Å². The number of aliphatic hydroxyl groups excluding tert-OH is 1. The van der Waals surface area contributed by atoms with Crippen molar-refractivity contribution in [2.24, 2.45) is 17.3 Å². The molecule has 0 aliphatic heterocycles. The Kier molecular flexibility index (Phi) is 8.41. The minimum absolute atomic E-state index is 0.124. The summed E-state index contributed by atoms with van der Waals surface area (Å²) >= 11 is 0. The summed E-state index contributed by atoms with van der Waals surface area (Å²) in [5.74, 6) is -0.155. The minimum atomic E-state index is -0.360. The van der Waals surface area contributed by atoms with E-state index in [-0.39, 0.29) is 41.2 Å². The fourth-order valence-corrected chi connectivity index (χ4v) is 4.53. The first-order valence-corrected chi connectivity index (χ1v) is 11.3. The molecule has 170 valence electrons. The van der Waals surface area contributed by atoms with Crippen LogP contribution in [0.15, 0.2) is 59.3 Å². The molecule has 1 N–H and O–H groups in total. The van der Waals surface area contributed by atoms with Gasteiger partial charge in [-0.15, -0.1) is 0 Å². The molecule has 2 aliphatic carbocycles. The van der Waals surface area contributed by atoms with Crippen molar-refractivity contribution in [2.45, 2.75) is 79.4 Å². The van der Waals surface area contributed by atoms with Gasteiger partial charge in [0.15, 0.2) is 5.78 Å². The van der Waals surface area contributed by atoms with E-state index in [0.29, 0.717) is 12.0 Å². The van der Waals surface area contributed by atoms with Gasteiger partial charge in [-0.25, -0.2) is 4.79 Å². The minimum Gasteiger partial charge on any atom is -0.459 e. The van der Waals surface area contributed by atoms with E-state index in [1.165, 1.54) is 5.57 Å². The molecule has 1 saturated carbocycles. The van der Waals surface area contributed by atoms with Gasteiger partial charge in [-0.05, 0) is 70.4 Å². The van der Waals surface area contributed by atoms with Crippen LogP contribution in [0.3, 0.4) is 0 Å². The highest BCUT2D eigenvalue weighted by Gasteiger charge is 2.48. The molecule has 0 aromatic rings. The SMILES string of the molecule is C=C(C)C1CC2(C)C(=CC1=O)CCC(OC(=O)/C(C)=C(C)/C=C/C=C/CC(C)O)C2C. The zero-order valence-corrected chi connectivity index (χ0v) is 19.9. The monoisotopic (exact) mass is 426 g/mol. The van der Waals surface area contributed by atoms with Crippen molar-refractivity contribution in [3.05, 3.63) is 59.3 Å². The Morgan fingerprint density at radius 3 is 2.65 bits per heavy atom. The summed E-state index contributed by atoms with van der Waals surface area (Å²) in [4.78, 5) is 25.3. The first kappa shape index (κ1) is 25.1. The number of carbonyl (C=O) groups is 2. The van der Waals surface area contributed by atoms with Crippen LogP contribution in [0, 0.1) is 17.3 Å². The highest BCUT2D eigenvalue weighted by molar-refractivity contribution is 5.95. The van der Waals surface area contributed by atoms with E-state index >= 15 is 0 Å². The van der Waals surface area contributed by atoms with Crippen molar-refractivity contribution in [2.75, 3.05) is 0 Å². The Morgan fingerprint density at radius 1 is 1.35 bits per heavy atom. The average molecular weight is 427 g/mol. The fourth-order valence-electron chi connectivity index (χ4n) is 4.53. The summed E-state index contributed by atoms with van der Waals surface area (Å²) in [5, 5.41) is 9.27. The Hall–Kier alpha value is -2.20. The summed E-state index contributed by atoms with van der Waals surface area (Å²) in [5.41, 5.74) is 3.37. The van der Waals surface area contributed by atoms with E-state index in [9.17, 15) is 14.7 Å². The third-order valence-corrected chi connectivity index (χ3v) is 7.10. The van der Waals surface area contributed by atoms with Crippen LogP contribution in [0.25, 0.3) is 0 Å². The van der Waals surface area contributed by atoms with Gasteiger partial charge in [-0.3, -0.25) is 4.79 Å². The number of allylic oxidation sites excluding steroid dienone is 7. The van der Waals surface area contributed by atoms with Gasteiger partial charge >= 0.3 is 5.97 Å². The molecule has 2 rings (SSSR count). The van der Waals surface area contributed by atoms with Crippen LogP contribution in [0.4, 0.5) is 0 Å². The zero-order valence-electron chi connectivity index (χ0n) is 19.9. The highest BCUT2D eigenvalue weighted by Crippen LogP contribution is 2.53. The largest absolute Gasteiger partial charge is 0.459 e. The molecule has 31 heavy (non-hydrogen) atoms. The molecule has 0 aromatic heterocycles. The van der Waals surface area contributed by atoms with E-state index in [0.717, 1.165) is 30.4 Å². The summed E-state index contributed by atoms with van der Waals surface area (Å²) in [7, 11) is 0. The number of aliphatic hydroxyl groups is 1. The Morgan fingerprint density at radius 2 is 2.03 bits per heavy atom. The molecule has 0 bridgehead atoms. The molecule has 4 heteroatoms. The lowest BCUT2D eigenvalue weighted by Gasteiger charge is -2.49. The Labute approximate surface area is 187 Å². The molecule has 0 radical (unpaired) electrons. The molecule has 5 unspecified atom stereocenters. The fraction of sp³-hybridized carbons (Fsp3) is 0.556. The van der Waals surface area contributed by atoms with Crippen LogP contribution in [0.2, 0.25) is 0 Å². The number of esters is 1. The Bertz CT molecular complexity index is 839. The maximum absolute atomic E-state index is 12.8. The summed E-state index contributed by atoms with van der Waals surface area (Å²) in [6, 6.07) is 0. The van der Waals surface area contributed by atoms with Crippen LogP contribution < -0.4 is 0 Å². The first-order valence-electron chi connectivity index (χ1n) is 11.3. The number of rotatable bonds is 7. The summed E-state index contributed by atoms with van der Waals surface area (Å²) in [6.07, 6.45) is 11.7. The lowest BCUT2D eigenvalue weighted by atomic mass is 9.57. The van der Waals surface area contributed by atoms with E-state index in [4.69, 9.17) is 4.74 Å².